The predicted octanol–water partition coefficient (Wildman–Crippen LogP) is 3.58. The van der Waals surface area contributed by atoms with Gasteiger partial charge in [0.25, 0.3) is 0 Å². The van der Waals surface area contributed by atoms with Gasteiger partial charge in [0.15, 0.2) is 0 Å². The summed E-state index contributed by atoms with van der Waals surface area (Å²) < 4.78 is 20.7. The summed E-state index contributed by atoms with van der Waals surface area (Å²) in [7, 11) is 0. The molecule has 2 unspecified atom stereocenters. The van der Waals surface area contributed by atoms with Crippen LogP contribution >= 0.6 is 0 Å². The van der Waals surface area contributed by atoms with Gasteiger partial charge < -0.3 is 15.4 Å². The highest BCUT2D eigenvalue weighted by molar-refractivity contribution is 5.93. The molecule has 1 fully saturated rings. The molecule has 2 aromatic rings. The van der Waals surface area contributed by atoms with Gasteiger partial charge in [-0.2, -0.15) is 0 Å². The summed E-state index contributed by atoms with van der Waals surface area (Å²) in [5.74, 6) is -0.792. The van der Waals surface area contributed by atoms with Crippen LogP contribution in [0.25, 0.3) is 0 Å². The smallest absolute Gasteiger partial charge is 0.230 e. The summed E-state index contributed by atoms with van der Waals surface area (Å²) in [6.45, 7) is 2.07. The van der Waals surface area contributed by atoms with Crippen molar-refractivity contribution in [2.45, 2.75) is 31.9 Å². The number of hydrogen-bond acceptors (Lipinski definition) is 3. The normalized spacial score (nSPS) is 22.5. The highest BCUT2D eigenvalue weighted by Gasteiger charge is 2.33. The molecule has 0 aromatic heterocycles. The molecule has 2 aromatic carbocycles. The zero-order chi connectivity index (χ0) is 17.9. The Hall–Kier alpha value is -2.24. The Kier molecular flexibility index (Phi) is 5.00. The van der Waals surface area contributed by atoms with E-state index >= 15 is 0 Å². The second-order valence-corrected chi connectivity index (χ2v) is 6.93. The van der Waals surface area contributed by atoms with Gasteiger partial charge in [0.05, 0.1) is 17.7 Å². The number of benzene rings is 2. The van der Waals surface area contributed by atoms with Crippen LogP contribution in [-0.4, -0.2) is 19.1 Å². The van der Waals surface area contributed by atoms with E-state index in [9.17, 15) is 9.18 Å². The molecule has 0 spiro atoms. The van der Waals surface area contributed by atoms with Gasteiger partial charge in [-0.1, -0.05) is 36.4 Å². The van der Waals surface area contributed by atoms with Gasteiger partial charge in [-0.05, 0) is 48.6 Å². The molecule has 2 aliphatic heterocycles. The lowest BCUT2D eigenvalue weighted by molar-refractivity contribution is -0.129. The molecule has 4 nitrogen and oxygen atoms in total. The molecule has 0 radical (unpaired) electrons. The van der Waals surface area contributed by atoms with Crippen molar-refractivity contribution < 1.29 is 13.9 Å². The molecule has 4 rings (SSSR count). The molecular weight excluding hydrogens is 331 g/mol. The molecule has 0 saturated carbocycles. The summed E-state index contributed by atoms with van der Waals surface area (Å²) in [5.41, 5.74) is 2.94. The molecule has 5 heteroatoms. The van der Waals surface area contributed by atoms with E-state index in [1.165, 1.54) is 0 Å². The maximum atomic E-state index is 14.8. The van der Waals surface area contributed by atoms with Gasteiger partial charge in [-0.15, -0.1) is 0 Å². The molecule has 136 valence electrons. The van der Waals surface area contributed by atoms with Gasteiger partial charge in [-0.3, -0.25) is 4.79 Å². The van der Waals surface area contributed by atoms with Crippen molar-refractivity contribution in [3.05, 3.63) is 65.0 Å². The molecule has 2 aliphatic rings. The number of anilines is 1. The fraction of sp³-hybridized carbons (Fsp3) is 0.381. The van der Waals surface area contributed by atoms with Crippen molar-refractivity contribution in [1.82, 2.24) is 5.32 Å². The Bertz CT molecular complexity index is 794. The minimum Gasteiger partial charge on any atom is -0.373 e. The SMILES string of the molecule is O=C(Nc1ccc2c(c1F)CCNC2)C1CCCOC1c1ccccc1. The fourth-order valence-electron chi connectivity index (χ4n) is 3.88. The topological polar surface area (TPSA) is 50.4 Å². The molecule has 1 amide bonds. The third-order valence-corrected chi connectivity index (χ3v) is 5.25. The maximum Gasteiger partial charge on any atom is 0.230 e. The predicted molar refractivity (Wildman–Crippen MR) is 98.3 cm³/mol. The lowest BCUT2D eigenvalue weighted by Crippen LogP contribution is -2.33. The Morgan fingerprint density at radius 1 is 1.19 bits per heavy atom. The van der Waals surface area contributed by atoms with E-state index < -0.39 is 0 Å². The van der Waals surface area contributed by atoms with Crippen LogP contribution in [0.4, 0.5) is 10.1 Å². The van der Waals surface area contributed by atoms with Crippen molar-refractivity contribution >= 4 is 11.6 Å². The summed E-state index contributed by atoms with van der Waals surface area (Å²) >= 11 is 0. The van der Waals surface area contributed by atoms with Crippen LogP contribution in [0.5, 0.6) is 0 Å². The molecule has 2 heterocycles. The third kappa shape index (κ3) is 3.37. The van der Waals surface area contributed by atoms with E-state index in [0.29, 0.717) is 25.1 Å². The van der Waals surface area contributed by atoms with E-state index in [0.717, 1.165) is 30.5 Å². The van der Waals surface area contributed by atoms with E-state index in [2.05, 4.69) is 10.6 Å². The van der Waals surface area contributed by atoms with Crippen LogP contribution in [0, 0.1) is 11.7 Å². The third-order valence-electron chi connectivity index (χ3n) is 5.25. The highest BCUT2D eigenvalue weighted by atomic mass is 19.1. The van der Waals surface area contributed by atoms with E-state index in [1.54, 1.807) is 6.07 Å². The minimum atomic E-state index is -0.316. The maximum absolute atomic E-state index is 14.8. The van der Waals surface area contributed by atoms with Gasteiger partial charge in [-0.25, -0.2) is 4.39 Å². The van der Waals surface area contributed by atoms with Gasteiger partial charge in [0.2, 0.25) is 5.91 Å². The van der Waals surface area contributed by atoms with Crippen molar-refractivity contribution in [2.24, 2.45) is 5.92 Å². The molecule has 0 bridgehead atoms. The largest absolute Gasteiger partial charge is 0.373 e. The Labute approximate surface area is 152 Å². The lowest BCUT2D eigenvalue weighted by atomic mass is 9.88. The van der Waals surface area contributed by atoms with E-state index in [1.807, 2.05) is 36.4 Å². The number of nitrogens with one attached hydrogen (secondary N) is 2. The number of carbonyl (C=O) groups is 1. The Morgan fingerprint density at radius 2 is 2.04 bits per heavy atom. The van der Waals surface area contributed by atoms with Gasteiger partial charge >= 0.3 is 0 Å². The zero-order valence-electron chi connectivity index (χ0n) is 14.6. The van der Waals surface area contributed by atoms with Crippen molar-refractivity contribution in [1.29, 1.82) is 0 Å². The van der Waals surface area contributed by atoms with E-state index in [-0.39, 0.29) is 29.4 Å². The Balaban J connectivity index is 1.55. The van der Waals surface area contributed by atoms with Gasteiger partial charge in [0.1, 0.15) is 5.82 Å². The first-order chi connectivity index (χ1) is 12.7. The van der Waals surface area contributed by atoms with Crippen LogP contribution in [0.2, 0.25) is 0 Å². The minimum absolute atomic E-state index is 0.175. The van der Waals surface area contributed by atoms with Crippen LogP contribution < -0.4 is 10.6 Å². The van der Waals surface area contributed by atoms with Crippen LogP contribution in [0.15, 0.2) is 42.5 Å². The van der Waals surface area contributed by atoms with Crippen molar-refractivity contribution in [3.8, 4) is 0 Å². The average molecular weight is 354 g/mol. The molecule has 2 atom stereocenters. The molecular formula is C21H23FN2O2. The van der Waals surface area contributed by atoms with Gasteiger partial charge in [0, 0.05) is 13.2 Å². The number of amides is 1. The lowest BCUT2D eigenvalue weighted by Gasteiger charge is -2.31. The van der Waals surface area contributed by atoms with Crippen LogP contribution in [0.3, 0.4) is 0 Å². The van der Waals surface area contributed by atoms with Crippen LogP contribution in [-0.2, 0) is 22.5 Å². The fourth-order valence-corrected chi connectivity index (χ4v) is 3.88. The molecule has 1 saturated heterocycles. The first-order valence-electron chi connectivity index (χ1n) is 9.22. The van der Waals surface area contributed by atoms with Crippen molar-refractivity contribution in [2.75, 3.05) is 18.5 Å². The highest BCUT2D eigenvalue weighted by Crippen LogP contribution is 2.35. The summed E-state index contributed by atoms with van der Waals surface area (Å²) in [6, 6.07) is 13.3. The number of hydrogen-bond donors (Lipinski definition) is 2. The first-order valence-corrected chi connectivity index (χ1v) is 9.22. The summed E-state index contributed by atoms with van der Waals surface area (Å²) in [5, 5.41) is 6.05. The Morgan fingerprint density at radius 3 is 2.88 bits per heavy atom. The number of rotatable bonds is 3. The monoisotopic (exact) mass is 354 g/mol. The number of fused-ring (bicyclic) bond motifs is 1. The summed E-state index contributed by atoms with van der Waals surface area (Å²) in [4.78, 5) is 12.9. The van der Waals surface area contributed by atoms with E-state index in [4.69, 9.17) is 4.74 Å². The number of halogens is 1. The summed E-state index contributed by atoms with van der Waals surface area (Å²) in [6.07, 6.45) is 1.93. The number of ether oxygens (including phenoxy) is 1. The molecule has 2 N–H and O–H groups in total. The number of carbonyl (C=O) groups excluding carboxylic acids is 1. The average Bonchev–Trinajstić information content (AvgIpc) is 2.71. The molecule has 26 heavy (non-hydrogen) atoms. The second kappa shape index (κ2) is 7.56. The first kappa shape index (κ1) is 17.2. The van der Waals surface area contributed by atoms with Crippen molar-refractivity contribution in [3.63, 3.8) is 0 Å². The molecule has 0 aliphatic carbocycles. The zero-order valence-corrected chi connectivity index (χ0v) is 14.6. The quantitative estimate of drug-likeness (QED) is 0.886. The second-order valence-electron chi connectivity index (χ2n) is 6.93. The standard InChI is InChI=1S/C21H23FN2O2/c22-19-16-10-11-23-13-15(16)8-9-18(19)24-21(25)17-7-4-12-26-20(17)14-5-2-1-3-6-14/h1-3,5-6,8-9,17,20,23H,4,7,10-13H2,(H,24,25). The van der Waals surface area contributed by atoms with Crippen LogP contribution in [0.1, 0.15) is 35.6 Å².